The Labute approximate surface area is 128 Å². The van der Waals surface area contributed by atoms with Crippen molar-refractivity contribution in [2.24, 2.45) is 5.41 Å². The summed E-state index contributed by atoms with van der Waals surface area (Å²) in [4.78, 5) is 17.2. The fraction of sp³-hybridized carbons (Fsp3) is 0.938. The van der Waals surface area contributed by atoms with Gasteiger partial charge in [-0.1, -0.05) is 13.3 Å². The van der Waals surface area contributed by atoms with Crippen LogP contribution in [-0.4, -0.2) is 72.2 Å². The number of piperazine rings is 1. The quantitative estimate of drug-likeness (QED) is 0.784. The highest BCUT2D eigenvalue weighted by molar-refractivity contribution is 5.83. The molecular weight excluding hydrogens is 266 g/mol. The van der Waals surface area contributed by atoms with Crippen LogP contribution in [0, 0.1) is 5.41 Å². The van der Waals surface area contributed by atoms with Gasteiger partial charge in [0.1, 0.15) is 0 Å². The van der Waals surface area contributed by atoms with Crippen molar-refractivity contribution in [1.82, 2.24) is 15.1 Å². The normalized spacial score (nSPS) is 28.1. The van der Waals surface area contributed by atoms with Crippen LogP contribution in [0.2, 0.25) is 0 Å². The van der Waals surface area contributed by atoms with Gasteiger partial charge in [-0.25, -0.2) is 0 Å². The standard InChI is InChI=1S/C16H31N3O2/c1-4-5-16(6-7-17-12-16)14(20)19-10-8-18(9-11-19)13-15(2,3)21/h17,21H,4-13H2,1-3H3. The van der Waals surface area contributed by atoms with Gasteiger partial charge in [0.25, 0.3) is 0 Å². The first-order valence-electron chi connectivity index (χ1n) is 8.31. The van der Waals surface area contributed by atoms with Gasteiger partial charge < -0.3 is 15.3 Å². The molecule has 0 aromatic carbocycles. The van der Waals surface area contributed by atoms with Crippen molar-refractivity contribution in [2.45, 2.75) is 45.6 Å². The van der Waals surface area contributed by atoms with E-state index in [4.69, 9.17) is 0 Å². The molecular formula is C16H31N3O2. The lowest BCUT2D eigenvalue weighted by molar-refractivity contribution is -0.143. The second-order valence-corrected chi connectivity index (χ2v) is 7.34. The predicted octanol–water partition coefficient (Wildman–Crippen LogP) is 0.681. The lowest BCUT2D eigenvalue weighted by Crippen LogP contribution is -2.55. The number of β-amino-alcohol motifs (C(OH)–C–C–N with tert-alkyl or cyclic N) is 1. The first-order valence-corrected chi connectivity index (χ1v) is 8.31. The first-order chi connectivity index (χ1) is 9.86. The maximum absolute atomic E-state index is 12.9. The Hall–Kier alpha value is -0.650. The summed E-state index contributed by atoms with van der Waals surface area (Å²) in [5.74, 6) is 0.345. The minimum absolute atomic E-state index is 0.160. The van der Waals surface area contributed by atoms with E-state index in [1.54, 1.807) is 0 Å². The smallest absolute Gasteiger partial charge is 0.230 e. The maximum atomic E-state index is 12.9. The van der Waals surface area contributed by atoms with Crippen LogP contribution in [0.15, 0.2) is 0 Å². The molecule has 2 saturated heterocycles. The molecule has 1 amide bonds. The number of aliphatic hydroxyl groups is 1. The lowest BCUT2D eigenvalue weighted by atomic mass is 9.81. The molecule has 2 aliphatic heterocycles. The lowest BCUT2D eigenvalue weighted by Gasteiger charge is -2.41. The van der Waals surface area contributed by atoms with Crippen LogP contribution in [0.3, 0.4) is 0 Å². The van der Waals surface area contributed by atoms with Gasteiger partial charge in [-0.15, -0.1) is 0 Å². The molecule has 0 saturated carbocycles. The van der Waals surface area contributed by atoms with E-state index in [0.29, 0.717) is 12.5 Å². The summed E-state index contributed by atoms with van der Waals surface area (Å²) in [7, 11) is 0. The zero-order chi connectivity index (χ0) is 15.5. The van der Waals surface area contributed by atoms with E-state index in [-0.39, 0.29) is 5.41 Å². The number of carbonyl (C=O) groups excluding carboxylic acids is 1. The number of nitrogens with one attached hydrogen (secondary N) is 1. The summed E-state index contributed by atoms with van der Waals surface area (Å²) in [6.45, 7) is 11.6. The number of nitrogens with zero attached hydrogens (tertiary/aromatic N) is 2. The minimum atomic E-state index is -0.662. The number of rotatable bonds is 5. The molecule has 0 aromatic rings. The zero-order valence-electron chi connectivity index (χ0n) is 13.8. The molecule has 122 valence electrons. The van der Waals surface area contributed by atoms with E-state index < -0.39 is 5.60 Å². The van der Waals surface area contributed by atoms with E-state index >= 15 is 0 Å². The average Bonchev–Trinajstić information content (AvgIpc) is 2.87. The molecule has 0 radical (unpaired) electrons. The molecule has 21 heavy (non-hydrogen) atoms. The van der Waals surface area contributed by atoms with E-state index in [0.717, 1.165) is 58.5 Å². The summed E-state index contributed by atoms with van der Waals surface area (Å²) in [5, 5.41) is 13.3. The van der Waals surface area contributed by atoms with Gasteiger partial charge in [0.05, 0.1) is 11.0 Å². The highest BCUT2D eigenvalue weighted by Gasteiger charge is 2.43. The molecule has 0 aliphatic carbocycles. The Morgan fingerprint density at radius 1 is 1.29 bits per heavy atom. The Bertz CT molecular complexity index is 351. The fourth-order valence-corrected chi connectivity index (χ4v) is 3.72. The summed E-state index contributed by atoms with van der Waals surface area (Å²) in [5.41, 5.74) is -0.821. The molecule has 0 spiro atoms. The second kappa shape index (κ2) is 6.63. The van der Waals surface area contributed by atoms with Gasteiger partial charge in [-0.2, -0.15) is 0 Å². The molecule has 2 N–H and O–H groups in total. The van der Waals surface area contributed by atoms with Crippen molar-refractivity contribution in [2.75, 3.05) is 45.8 Å². The molecule has 2 aliphatic rings. The molecule has 2 fully saturated rings. The highest BCUT2D eigenvalue weighted by Crippen LogP contribution is 2.33. The first kappa shape index (κ1) is 16.7. The molecule has 5 heteroatoms. The Morgan fingerprint density at radius 2 is 1.95 bits per heavy atom. The SMILES string of the molecule is CCCC1(C(=O)N2CCN(CC(C)(C)O)CC2)CCNC1. The summed E-state index contributed by atoms with van der Waals surface area (Å²) in [6, 6.07) is 0. The number of amides is 1. The molecule has 0 aromatic heterocycles. The van der Waals surface area contributed by atoms with Crippen LogP contribution in [0.5, 0.6) is 0 Å². The van der Waals surface area contributed by atoms with Crippen LogP contribution in [0.1, 0.15) is 40.0 Å². The predicted molar refractivity (Wildman–Crippen MR) is 84.1 cm³/mol. The van der Waals surface area contributed by atoms with Crippen molar-refractivity contribution in [1.29, 1.82) is 0 Å². The Balaban J connectivity index is 1.90. The van der Waals surface area contributed by atoms with E-state index in [1.165, 1.54) is 0 Å². The minimum Gasteiger partial charge on any atom is -0.389 e. The van der Waals surface area contributed by atoms with E-state index in [1.807, 2.05) is 18.7 Å². The Kier molecular flexibility index (Phi) is 5.28. The molecule has 1 atom stereocenters. The van der Waals surface area contributed by atoms with Gasteiger partial charge >= 0.3 is 0 Å². The second-order valence-electron chi connectivity index (χ2n) is 7.34. The Morgan fingerprint density at radius 3 is 2.43 bits per heavy atom. The summed E-state index contributed by atoms with van der Waals surface area (Å²) in [6.07, 6.45) is 3.03. The third-order valence-corrected chi connectivity index (χ3v) is 4.70. The average molecular weight is 297 g/mol. The van der Waals surface area contributed by atoms with Crippen LogP contribution < -0.4 is 5.32 Å². The molecule has 5 nitrogen and oxygen atoms in total. The molecule has 2 rings (SSSR count). The number of carbonyl (C=O) groups is 1. The van der Waals surface area contributed by atoms with Crippen LogP contribution in [0.4, 0.5) is 0 Å². The number of hydrogen-bond acceptors (Lipinski definition) is 4. The van der Waals surface area contributed by atoms with Crippen LogP contribution >= 0.6 is 0 Å². The molecule has 2 heterocycles. The summed E-state index contributed by atoms with van der Waals surface area (Å²) < 4.78 is 0. The van der Waals surface area contributed by atoms with Crippen molar-refractivity contribution < 1.29 is 9.90 Å². The van der Waals surface area contributed by atoms with Gasteiger partial charge in [0, 0.05) is 39.3 Å². The van der Waals surface area contributed by atoms with Crippen molar-refractivity contribution in [3.05, 3.63) is 0 Å². The van der Waals surface area contributed by atoms with Crippen molar-refractivity contribution >= 4 is 5.91 Å². The molecule has 1 unspecified atom stereocenters. The topological polar surface area (TPSA) is 55.8 Å². The van der Waals surface area contributed by atoms with Gasteiger partial charge in [0.15, 0.2) is 0 Å². The zero-order valence-corrected chi connectivity index (χ0v) is 13.8. The van der Waals surface area contributed by atoms with Crippen molar-refractivity contribution in [3.8, 4) is 0 Å². The highest BCUT2D eigenvalue weighted by atomic mass is 16.3. The fourth-order valence-electron chi connectivity index (χ4n) is 3.72. The van der Waals surface area contributed by atoms with Crippen LogP contribution in [0.25, 0.3) is 0 Å². The maximum Gasteiger partial charge on any atom is 0.230 e. The van der Waals surface area contributed by atoms with Gasteiger partial charge in [-0.3, -0.25) is 9.69 Å². The largest absolute Gasteiger partial charge is 0.389 e. The van der Waals surface area contributed by atoms with Gasteiger partial charge in [-0.05, 0) is 33.2 Å². The number of hydrogen-bond donors (Lipinski definition) is 2. The van der Waals surface area contributed by atoms with Crippen LogP contribution in [-0.2, 0) is 4.79 Å². The summed E-state index contributed by atoms with van der Waals surface area (Å²) >= 11 is 0. The third-order valence-electron chi connectivity index (χ3n) is 4.70. The molecule has 0 bridgehead atoms. The third kappa shape index (κ3) is 4.18. The van der Waals surface area contributed by atoms with E-state index in [9.17, 15) is 9.90 Å². The van der Waals surface area contributed by atoms with Gasteiger partial charge in [0.2, 0.25) is 5.91 Å². The van der Waals surface area contributed by atoms with E-state index in [2.05, 4.69) is 17.1 Å². The monoisotopic (exact) mass is 297 g/mol. The van der Waals surface area contributed by atoms with Crippen molar-refractivity contribution in [3.63, 3.8) is 0 Å².